The van der Waals surface area contributed by atoms with Crippen LogP contribution in [0.15, 0.2) is 43.1 Å². The van der Waals surface area contributed by atoms with Gasteiger partial charge >= 0.3 is 0 Å². The van der Waals surface area contributed by atoms with Gasteiger partial charge in [-0.2, -0.15) is 0 Å². The normalized spacial score (nSPS) is 16.6. The maximum atomic E-state index is 12.8. The number of nitrogens with zero attached hydrogens (tertiary/aromatic N) is 2. The van der Waals surface area contributed by atoms with Crippen LogP contribution in [0.1, 0.15) is 72.8 Å². The van der Waals surface area contributed by atoms with Crippen LogP contribution in [0.2, 0.25) is 0 Å². The van der Waals surface area contributed by atoms with Gasteiger partial charge in [-0.15, -0.1) is 6.58 Å². The van der Waals surface area contributed by atoms with Gasteiger partial charge in [0.1, 0.15) is 0 Å². The van der Waals surface area contributed by atoms with Crippen molar-refractivity contribution in [3.8, 4) is 0 Å². The first-order valence-electron chi connectivity index (χ1n) is 10.8. The molecule has 30 heavy (non-hydrogen) atoms. The number of hydrogen-bond acceptors (Lipinski definition) is 4. The zero-order valence-corrected chi connectivity index (χ0v) is 18.5. The van der Waals surface area contributed by atoms with Crippen molar-refractivity contribution >= 4 is 17.3 Å². The van der Waals surface area contributed by atoms with Gasteiger partial charge in [0.15, 0.2) is 5.78 Å². The molecule has 0 unspecified atom stereocenters. The predicted molar refractivity (Wildman–Crippen MR) is 123 cm³/mol. The lowest BCUT2D eigenvalue weighted by Crippen LogP contribution is -2.15. The van der Waals surface area contributed by atoms with Crippen molar-refractivity contribution in [2.75, 3.05) is 11.9 Å². The molecular weight excluding hydrogens is 370 g/mol. The number of anilines is 1. The van der Waals surface area contributed by atoms with Crippen molar-refractivity contribution in [3.63, 3.8) is 0 Å². The molecule has 2 aliphatic rings. The molecule has 0 atom stereocenters. The second kappa shape index (κ2) is 7.50. The first-order valence-corrected chi connectivity index (χ1v) is 10.8. The Kier molecular flexibility index (Phi) is 5.13. The average Bonchev–Trinajstić information content (AvgIpc) is 3.30. The summed E-state index contributed by atoms with van der Waals surface area (Å²) >= 11 is 0. The molecule has 0 radical (unpaired) electrons. The summed E-state index contributed by atoms with van der Waals surface area (Å²) in [4.78, 5) is 22.0. The molecule has 0 aliphatic heterocycles. The van der Waals surface area contributed by atoms with E-state index in [0.29, 0.717) is 11.8 Å². The number of nitrogens with one attached hydrogen (secondary N) is 1. The Labute approximate surface area is 179 Å². The molecule has 0 saturated heterocycles. The summed E-state index contributed by atoms with van der Waals surface area (Å²) in [6, 6.07) is 6.11. The van der Waals surface area contributed by atoms with Crippen molar-refractivity contribution in [3.05, 3.63) is 71.1 Å². The highest BCUT2D eigenvalue weighted by Gasteiger charge is 2.37. The number of fused-ring (bicyclic) bond motifs is 1. The second-order valence-electron chi connectivity index (χ2n) is 9.86. The SMILES string of the molecule is C=CC(C)(C)CC(=O)c1ccc(C2=CCc3nc(NCC4(C)CC4)ncc32)cc1C. The highest BCUT2D eigenvalue weighted by molar-refractivity contribution is 5.98. The van der Waals surface area contributed by atoms with Gasteiger partial charge < -0.3 is 5.32 Å². The number of rotatable bonds is 8. The van der Waals surface area contributed by atoms with E-state index in [1.54, 1.807) is 0 Å². The lowest BCUT2D eigenvalue weighted by molar-refractivity contribution is 0.0949. The first-order chi connectivity index (χ1) is 14.2. The Balaban J connectivity index is 1.51. The fourth-order valence-corrected chi connectivity index (χ4v) is 3.87. The molecule has 1 aromatic carbocycles. The van der Waals surface area contributed by atoms with Crippen molar-refractivity contribution in [1.29, 1.82) is 0 Å². The van der Waals surface area contributed by atoms with E-state index in [1.165, 1.54) is 12.8 Å². The Bertz CT molecular complexity index is 1040. The number of Topliss-reactive ketones (excluding diaryl/α,β-unsaturated/α-hetero) is 1. The van der Waals surface area contributed by atoms with E-state index in [1.807, 2.05) is 45.2 Å². The molecule has 4 rings (SSSR count). The van der Waals surface area contributed by atoms with Gasteiger partial charge in [-0.05, 0) is 47.3 Å². The minimum Gasteiger partial charge on any atom is -0.354 e. The van der Waals surface area contributed by atoms with Crippen LogP contribution >= 0.6 is 0 Å². The zero-order chi connectivity index (χ0) is 21.5. The number of aryl methyl sites for hydroxylation is 1. The molecule has 156 valence electrons. The third-order valence-electron chi connectivity index (χ3n) is 6.44. The topological polar surface area (TPSA) is 54.9 Å². The van der Waals surface area contributed by atoms with Gasteiger partial charge in [0, 0.05) is 36.7 Å². The first kappa shape index (κ1) is 20.5. The van der Waals surface area contributed by atoms with Crippen LogP contribution in [0.5, 0.6) is 0 Å². The molecule has 1 N–H and O–H groups in total. The summed E-state index contributed by atoms with van der Waals surface area (Å²) in [7, 11) is 0. The second-order valence-corrected chi connectivity index (χ2v) is 9.86. The summed E-state index contributed by atoms with van der Waals surface area (Å²) in [6.45, 7) is 13.2. The molecule has 0 spiro atoms. The van der Waals surface area contributed by atoms with E-state index in [2.05, 4.69) is 35.9 Å². The Morgan fingerprint density at radius 1 is 1.33 bits per heavy atom. The summed E-state index contributed by atoms with van der Waals surface area (Å²) < 4.78 is 0. The Hall–Kier alpha value is -2.75. The standard InChI is InChI=1S/C26H31N3O/c1-6-25(3,4)14-23(30)19-8-7-18(13-17(19)2)20-9-10-22-21(20)15-27-24(29-22)28-16-26(5)11-12-26/h6-9,13,15H,1,10-12,14,16H2,2-5H3,(H,27,28,29). The summed E-state index contributed by atoms with van der Waals surface area (Å²) in [6.07, 6.45) is 9.82. The minimum atomic E-state index is -0.199. The number of allylic oxidation sites excluding steroid dienone is 2. The molecule has 0 bridgehead atoms. The smallest absolute Gasteiger partial charge is 0.222 e. The molecule has 4 nitrogen and oxygen atoms in total. The summed E-state index contributed by atoms with van der Waals surface area (Å²) in [5.74, 6) is 0.881. The van der Waals surface area contributed by atoms with Crippen molar-refractivity contribution in [1.82, 2.24) is 9.97 Å². The zero-order valence-electron chi connectivity index (χ0n) is 18.5. The van der Waals surface area contributed by atoms with Crippen LogP contribution in [0.4, 0.5) is 5.95 Å². The number of hydrogen-bond donors (Lipinski definition) is 1. The molecule has 1 saturated carbocycles. The largest absolute Gasteiger partial charge is 0.354 e. The maximum absolute atomic E-state index is 12.8. The third kappa shape index (κ3) is 4.23. The van der Waals surface area contributed by atoms with Gasteiger partial charge in [-0.3, -0.25) is 4.79 Å². The lowest BCUT2D eigenvalue weighted by Gasteiger charge is -2.19. The fraction of sp³-hybridized carbons (Fsp3) is 0.423. The van der Waals surface area contributed by atoms with E-state index in [-0.39, 0.29) is 11.2 Å². The van der Waals surface area contributed by atoms with Gasteiger partial charge in [0.05, 0.1) is 5.69 Å². The number of carbonyl (C=O) groups is 1. The lowest BCUT2D eigenvalue weighted by atomic mass is 9.84. The molecule has 1 fully saturated rings. The van der Waals surface area contributed by atoms with Crippen LogP contribution in [0.25, 0.3) is 5.57 Å². The monoisotopic (exact) mass is 401 g/mol. The van der Waals surface area contributed by atoms with E-state index < -0.39 is 0 Å². The average molecular weight is 402 g/mol. The Morgan fingerprint density at radius 2 is 2.10 bits per heavy atom. The van der Waals surface area contributed by atoms with Gasteiger partial charge in [-0.1, -0.05) is 51.1 Å². The van der Waals surface area contributed by atoms with Crippen molar-refractivity contribution in [2.45, 2.75) is 53.4 Å². The van der Waals surface area contributed by atoms with Crippen LogP contribution in [0.3, 0.4) is 0 Å². The number of ketones is 1. The number of benzene rings is 1. The molecule has 1 heterocycles. The van der Waals surface area contributed by atoms with Crippen LogP contribution in [-0.4, -0.2) is 22.3 Å². The third-order valence-corrected chi connectivity index (χ3v) is 6.44. The number of carbonyl (C=O) groups excluding carboxylic acids is 1. The minimum absolute atomic E-state index is 0.160. The molecule has 2 aliphatic carbocycles. The Morgan fingerprint density at radius 3 is 2.77 bits per heavy atom. The predicted octanol–water partition coefficient (Wildman–Crippen LogP) is 5.77. The number of aromatic nitrogens is 2. The highest BCUT2D eigenvalue weighted by Crippen LogP contribution is 2.44. The summed E-state index contributed by atoms with van der Waals surface area (Å²) in [5.41, 5.74) is 6.43. The molecular formula is C26H31N3O. The fourth-order valence-electron chi connectivity index (χ4n) is 3.87. The van der Waals surface area contributed by atoms with E-state index in [0.717, 1.165) is 52.4 Å². The van der Waals surface area contributed by atoms with E-state index in [4.69, 9.17) is 4.98 Å². The highest BCUT2D eigenvalue weighted by atomic mass is 16.1. The van der Waals surface area contributed by atoms with Crippen LogP contribution in [0, 0.1) is 17.8 Å². The molecule has 4 heteroatoms. The van der Waals surface area contributed by atoms with E-state index >= 15 is 0 Å². The molecule has 0 amide bonds. The molecule has 1 aromatic heterocycles. The van der Waals surface area contributed by atoms with Crippen LogP contribution in [-0.2, 0) is 6.42 Å². The van der Waals surface area contributed by atoms with Crippen molar-refractivity contribution in [2.24, 2.45) is 10.8 Å². The van der Waals surface area contributed by atoms with Gasteiger partial charge in [-0.25, -0.2) is 9.97 Å². The van der Waals surface area contributed by atoms with Gasteiger partial charge in [0.2, 0.25) is 5.95 Å². The van der Waals surface area contributed by atoms with E-state index in [9.17, 15) is 4.79 Å². The quantitative estimate of drug-likeness (QED) is 0.451. The van der Waals surface area contributed by atoms with Gasteiger partial charge in [0.25, 0.3) is 0 Å². The van der Waals surface area contributed by atoms with Crippen molar-refractivity contribution < 1.29 is 4.79 Å². The molecule has 2 aromatic rings. The maximum Gasteiger partial charge on any atom is 0.222 e. The van der Waals surface area contributed by atoms with Crippen LogP contribution < -0.4 is 5.32 Å². The summed E-state index contributed by atoms with van der Waals surface area (Å²) in [5, 5.41) is 3.39.